The summed E-state index contributed by atoms with van der Waals surface area (Å²) in [4.78, 5) is 25.7. The Hall–Kier alpha value is -2.00. The summed E-state index contributed by atoms with van der Waals surface area (Å²) < 4.78 is 0. The van der Waals surface area contributed by atoms with E-state index in [0.29, 0.717) is 18.3 Å². The fourth-order valence-corrected chi connectivity index (χ4v) is 3.72. The largest absolute Gasteiger partial charge is 0.272 e. The van der Waals surface area contributed by atoms with Crippen LogP contribution in [0.25, 0.3) is 0 Å². The highest BCUT2D eigenvalue weighted by Gasteiger charge is 2.41. The molecule has 1 aromatic rings. The molecule has 1 aliphatic rings. The van der Waals surface area contributed by atoms with Crippen LogP contribution >= 0.6 is 0 Å². The highest BCUT2D eigenvalue weighted by molar-refractivity contribution is 5.43. The van der Waals surface area contributed by atoms with E-state index in [0.717, 1.165) is 18.4 Å². The average molecular weight is 302 g/mol. The quantitative estimate of drug-likeness (QED) is 0.361. The van der Waals surface area contributed by atoms with Gasteiger partial charge in [-0.2, -0.15) is 4.99 Å². The van der Waals surface area contributed by atoms with E-state index >= 15 is 0 Å². The Labute approximate surface area is 130 Å². The minimum absolute atomic E-state index is 0.0393. The topological polar surface area (TPSA) is 72.6 Å². The van der Waals surface area contributed by atoms with Crippen molar-refractivity contribution in [3.05, 3.63) is 39.9 Å². The molecule has 3 atom stereocenters. The molecule has 1 aliphatic carbocycles. The van der Waals surface area contributed by atoms with E-state index in [1.165, 1.54) is 0 Å². The first kappa shape index (κ1) is 16.4. The molecule has 2 rings (SSSR count). The molecular weight excluding hydrogens is 280 g/mol. The third-order valence-corrected chi connectivity index (χ3v) is 4.90. The molecule has 3 unspecified atom stereocenters. The lowest BCUT2D eigenvalue weighted by atomic mass is 9.65. The van der Waals surface area contributed by atoms with Gasteiger partial charge in [-0.25, -0.2) is 4.79 Å². The summed E-state index contributed by atoms with van der Waals surface area (Å²) in [7, 11) is 0. The average Bonchev–Trinajstić information content (AvgIpc) is 2.46. The minimum atomic E-state index is -0.471. The summed E-state index contributed by atoms with van der Waals surface area (Å²) in [5.74, 6) is 0.822. The van der Waals surface area contributed by atoms with Gasteiger partial charge < -0.3 is 0 Å². The molecule has 0 aromatic heterocycles. The van der Waals surface area contributed by atoms with Gasteiger partial charge in [-0.05, 0) is 43.9 Å². The standard InChI is InChI=1S/C17H22N2O3/c1-12(2)13-8-9-17(3,18-11-20)10-15(13)14-6-4-5-7-16(14)19(21)22/h4-7,12-13,15H,8-10H2,1-3H3. The molecule has 0 spiro atoms. The minimum Gasteiger partial charge on any atom is -0.258 e. The highest BCUT2D eigenvalue weighted by Crippen LogP contribution is 2.48. The Morgan fingerprint density at radius 1 is 1.41 bits per heavy atom. The Kier molecular flexibility index (Phi) is 4.77. The summed E-state index contributed by atoms with van der Waals surface area (Å²) in [5.41, 5.74) is 0.456. The van der Waals surface area contributed by atoms with Crippen molar-refractivity contribution >= 4 is 11.8 Å². The van der Waals surface area contributed by atoms with Crippen molar-refractivity contribution in [1.82, 2.24) is 0 Å². The first-order valence-electron chi connectivity index (χ1n) is 7.70. The molecule has 0 saturated heterocycles. The van der Waals surface area contributed by atoms with Crippen molar-refractivity contribution < 1.29 is 9.72 Å². The van der Waals surface area contributed by atoms with Gasteiger partial charge in [0, 0.05) is 11.6 Å². The van der Waals surface area contributed by atoms with Crippen LogP contribution in [0.5, 0.6) is 0 Å². The number of carbonyl (C=O) groups excluding carboxylic acids is 1. The highest BCUT2D eigenvalue weighted by atomic mass is 16.6. The number of aliphatic imine (C=N–C) groups is 1. The van der Waals surface area contributed by atoms with E-state index < -0.39 is 5.54 Å². The number of hydrogen-bond donors (Lipinski definition) is 0. The second kappa shape index (κ2) is 6.41. The fourth-order valence-electron chi connectivity index (χ4n) is 3.72. The number of isocyanates is 1. The summed E-state index contributed by atoms with van der Waals surface area (Å²) in [6.45, 7) is 6.24. The smallest absolute Gasteiger partial charge is 0.258 e. The first-order chi connectivity index (χ1) is 10.4. The van der Waals surface area contributed by atoms with Crippen LogP contribution in [-0.2, 0) is 4.79 Å². The summed E-state index contributed by atoms with van der Waals surface area (Å²) >= 11 is 0. The van der Waals surface area contributed by atoms with Crippen LogP contribution in [0.1, 0.15) is 51.5 Å². The lowest BCUT2D eigenvalue weighted by Crippen LogP contribution is -2.36. The number of para-hydroxylation sites is 1. The molecule has 0 bridgehead atoms. The van der Waals surface area contributed by atoms with E-state index in [4.69, 9.17) is 0 Å². The van der Waals surface area contributed by atoms with E-state index in [2.05, 4.69) is 18.8 Å². The van der Waals surface area contributed by atoms with Crippen LogP contribution in [0.2, 0.25) is 0 Å². The molecular formula is C17H22N2O3. The van der Waals surface area contributed by atoms with Crippen molar-refractivity contribution in [2.45, 2.75) is 51.5 Å². The van der Waals surface area contributed by atoms with Crippen molar-refractivity contribution in [1.29, 1.82) is 0 Å². The predicted molar refractivity (Wildman–Crippen MR) is 84.5 cm³/mol. The number of hydrogen-bond acceptors (Lipinski definition) is 4. The van der Waals surface area contributed by atoms with Crippen molar-refractivity contribution in [2.24, 2.45) is 16.8 Å². The maximum atomic E-state index is 11.3. The van der Waals surface area contributed by atoms with Crippen LogP contribution in [0, 0.1) is 22.0 Å². The third kappa shape index (κ3) is 3.25. The second-order valence-corrected chi connectivity index (χ2v) is 6.77. The second-order valence-electron chi connectivity index (χ2n) is 6.77. The van der Waals surface area contributed by atoms with Crippen LogP contribution in [0.3, 0.4) is 0 Å². The number of nitro benzene ring substituents is 1. The number of nitrogens with zero attached hydrogens (tertiary/aromatic N) is 2. The molecule has 0 heterocycles. The number of nitro groups is 1. The maximum Gasteiger partial charge on any atom is 0.272 e. The SMILES string of the molecule is CC(C)C1CCC(C)(N=C=O)CC1c1ccccc1[N+](=O)[O-]. The zero-order valence-corrected chi connectivity index (χ0v) is 13.3. The monoisotopic (exact) mass is 302 g/mol. The normalized spacial score (nSPS) is 28.2. The Balaban J connectivity index is 2.47. The zero-order valence-electron chi connectivity index (χ0n) is 13.3. The van der Waals surface area contributed by atoms with Crippen LogP contribution in [-0.4, -0.2) is 16.5 Å². The molecule has 0 aliphatic heterocycles. The lowest BCUT2D eigenvalue weighted by Gasteiger charge is -2.41. The molecule has 0 N–H and O–H groups in total. The van der Waals surface area contributed by atoms with Crippen LogP contribution in [0.4, 0.5) is 5.69 Å². The van der Waals surface area contributed by atoms with Gasteiger partial charge in [0.2, 0.25) is 6.08 Å². The van der Waals surface area contributed by atoms with Crippen LogP contribution < -0.4 is 0 Å². The lowest BCUT2D eigenvalue weighted by molar-refractivity contribution is -0.385. The molecule has 1 aromatic carbocycles. The molecule has 22 heavy (non-hydrogen) atoms. The van der Waals surface area contributed by atoms with E-state index in [9.17, 15) is 14.9 Å². The van der Waals surface area contributed by atoms with Gasteiger partial charge in [-0.15, -0.1) is 0 Å². The van der Waals surface area contributed by atoms with Crippen LogP contribution in [0.15, 0.2) is 29.3 Å². The Morgan fingerprint density at radius 2 is 2.09 bits per heavy atom. The van der Waals surface area contributed by atoms with E-state index in [-0.39, 0.29) is 16.5 Å². The van der Waals surface area contributed by atoms with Gasteiger partial charge in [0.05, 0.1) is 10.5 Å². The van der Waals surface area contributed by atoms with Gasteiger partial charge in [0.15, 0.2) is 0 Å². The Bertz CT molecular complexity index is 608. The molecule has 1 saturated carbocycles. The van der Waals surface area contributed by atoms with Gasteiger partial charge in [0.1, 0.15) is 0 Å². The van der Waals surface area contributed by atoms with E-state index in [1.54, 1.807) is 18.2 Å². The third-order valence-electron chi connectivity index (χ3n) is 4.90. The van der Waals surface area contributed by atoms with Crippen molar-refractivity contribution in [2.75, 3.05) is 0 Å². The maximum absolute atomic E-state index is 11.3. The summed E-state index contributed by atoms with van der Waals surface area (Å²) in [5, 5.41) is 11.3. The van der Waals surface area contributed by atoms with Gasteiger partial charge in [-0.1, -0.05) is 32.0 Å². The summed E-state index contributed by atoms with van der Waals surface area (Å²) in [6.07, 6.45) is 4.06. The predicted octanol–water partition coefficient (Wildman–Crippen LogP) is 4.23. The molecule has 118 valence electrons. The van der Waals surface area contributed by atoms with Crippen molar-refractivity contribution in [3.8, 4) is 0 Å². The zero-order chi connectivity index (χ0) is 16.3. The molecule has 0 amide bonds. The number of rotatable bonds is 4. The van der Waals surface area contributed by atoms with Gasteiger partial charge in [-0.3, -0.25) is 10.1 Å². The Morgan fingerprint density at radius 3 is 2.68 bits per heavy atom. The van der Waals surface area contributed by atoms with Gasteiger partial charge >= 0.3 is 0 Å². The molecule has 5 heteroatoms. The fraction of sp³-hybridized carbons (Fsp3) is 0.588. The molecule has 1 fully saturated rings. The van der Waals surface area contributed by atoms with Gasteiger partial charge in [0.25, 0.3) is 5.69 Å². The first-order valence-corrected chi connectivity index (χ1v) is 7.70. The molecule has 0 radical (unpaired) electrons. The summed E-state index contributed by atoms with van der Waals surface area (Å²) in [6, 6.07) is 6.93. The van der Waals surface area contributed by atoms with E-state index in [1.807, 2.05) is 19.1 Å². The molecule has 5 nitrogen and oxygen atoms in total. The number of benzene rings is 1. The van der Waals surface area contributed by atoms with Crippen molar-refractivity contribution in [3.63, 3.8) is 0 Å².